The summed E-state index contributed by atoms with van der Waals surface area (Å²) in [6.07, 6.45) is 3.68. The fourth-order valence-corrected chi connectivity index (χ4v) is 5.75. The van der Waals surface area contributed by atoms with E-state index in [1.165, 1.54) is 24.3 Å². The monoisotopic (exact) mass is 499 g/mol. The molecular formula is C27H18ClN3O5. The van der Waals surface area contributed by atoms with Crippen LogP contribution < -0.4 is 4.90 Å². The molecule has 0 spiro atoms. The summed E-state index contributed by atoms with van der Waals surface area (Å²) >= 11 is 6.01. The van der Waals surface area contributed by atoms with Crippen LogP contribution in [0.2, 0.25) is 5.02 Å². The average Bonchev–Trinajstić information content (AvgIpc) is 3.36. The highest BCUT2D eigenvalue weighted by molar-refractivity contribution is 6.30. The van der Waals surface area contributed by atoms with Crippen molar-refractivity contribution in [2.24, 2.45) is 11.8 Å². The van der Waals surface area contributed by atoms with Crippen molar-refractivity contribution < 1.29 is 19.3 Å². The van der Waals surface area contributed by atoms with Gasteiger partial charge in [-0.3, -0.25) is 24.5 Å². The quantitative estimate of drug-likeness (QED) is 0.224. The Morgan fingerprint density at radius 3 is 2.25 bits per heavy atom. The lowest BCUT2D eigenvalue weighted by Gasteiger charge is -2.35. The first-order chi connectivity index (χ1) is 17.4. The second-order valence-electron chi connectivity index (χ2n) is 8.99. The number of nitro groups is 1. The highest BCUT2D eigenvalue weighted by Gasteiger charge is 2.64. The van der Waals surface area contributed by atoms with Gasteiger partial charge in [-0.05, 0) is 53.6 Å². The molecule has 8 nitrogen and oxygen atoms in total. The molecule has 0 aliphatic carbocycles. The number of anilines is 1. The minimum atomic E-state index is -0.920. The number of ketones is 1. The molecule has 0 radical (unpaired) electrons. The normalized spacial score (nSPS) is 23.9. The van der Waals surface area contributed by atoms with E-state index in [0.29, 0.717) is 10.6 Å². The molecule has 4 atom stereocenters. The van der Waals surface area contributed by atoms with Crippen LogP contribution in [0.25, 0.3) is 6.08 Å². The Hall–Kier alpha value is -4.30. The van der Waals surface area contributed by atoms with Gasteiger partial charge in [0.1, 0.15) is 6.04 Å². The third-order valence-electron chi connectivity index (χ3n) is 7.18. The van der Waals surface area contributed by atoms with Crippen molar-refractivity contribution in [2.45, 2.75) is 12.1 Å². The van der Waals surface area contributed by atoms with Crippen molar-refractivity contribution in [3.8, 4) is 0 Å². The predicted octanol–water partition coefficient (Wildman–Crippen LogP) is 4.65. The largest absolute Gasteiger partial charge is 0.358 e. The number of Topliss-reactive ketones (excluding diaryl/α,β-unsaturated/α-hetero) is 1. The molecule has 3 aromatic carbocycles. The van der Waals surface area contributed by atoms with Crippen LogP contribution in [0.4, 0.5) is 11.4 Å². The van der Waals surface area contributed by atoms with Gasteiger partial charge >= 0.3 is 0 Å². The summed E-state index contributed by atoms with van der Waals surface area (Å²) in [5, 5.41) is 11.6. The van der Waals surface area contributed by atoms with E-state index in [2.05, 4.69) is 0 Å². The molecule has 0 unspecified atom stereocenters. The zero-order chi connectivity index (χ0) is 25.1. The number of halogens is 1. The van der Waals surface area contributed by atoms with Crippen LogP contribution in [0.5, 0.6) is 0 Å². The number of hydrogen-bond acceptors (Lipinski definition) is 6. The lowest BCUT2D eigenvalue weighted by molar-refractivity contribution is -0.384. The van der Waals surface area contributed by atoms with Crippen molar-refractivity contribution in [3.05, 3.63) is 111 Å². The Balaban J connectivity index is 1.47. The molecule has 6 rings (SSSR count). The number of carbonyl (C=O) groups is 3. The van der Waals surface area contributed by atoms with Crippen LogP contribution in [-0.2, 0) is 9.59 Å². The Labute approximate surface area is 210 Å². The molecule has 0 bridgehead atoms. The zero-order valence-corrected chi connectivity index (χ0v) is 19.4. The van der Waals surface area contributed by atoms with Crippen LogP contribution in [0.15, 0.2) is 79.0 Å². The first kappa shape index (κ1) is 22.2. The molecule has 2 saturated heterocycles. The Bertz CT molecular complexity index is 1470. The van der Waals surface area contributed by atoms with Crippen molar-refractivity contribution in [1.82, 2.24) is 4.90 Å². The van der Waals surface area contributed by atoms with E-state index < -0.39 is 40.7 Å². The fourth-order valence-electron chi connectivity index (χ4n) is 5.62. The zero-order valence-electron chi connectivity index (χ0n) is 18.7. The molecule has 3 aromatic rings. The van der Waals surface area contributed by atoms with E-state index in [-0.39, 0.29) is 17.2 Å². The number of nitro benzene ring substituents is 1. The standard InChI is InChI=1S/C27H18ClN3O5/c28-17-7-5-16(6-8-17)25(32)24-22-21(23-20-4-2-1-3-15(20)13-14-29(23)24)26(33)30(27(22)34)18-9-11-19(12-10-18)31(35)36/h1-14,21-24H/t21-,22-,23-,24+/m1/s1. The third-order valence-corrected chi connectivity index (χ3v) is 7.43. The number of nitrogens with zero attached hydrogens (tertiary/aromatic N) is 3. The van der Waals surface area contributed by atoms with Crippen LogP contribution in [0, 0.1) is 22.0 Å². The Kier molecular flexibility index (Phi) is 5.01. The summed E-state index contributed by atoms with van der Waals surface area (Å²) in [7, 11) is 0. The maximum Gasteiger partial charge on any atom is 0.269 e. The van der Waals surface area contributed by atoms with Gasteiger partial charge in [0.25, 0.3) is 5.69 Å². The number of imide groups is 1. The maximum atomic E-state index is 13.8. The molecule has 178 valence electrons. The number of non-ortho nitro benzene ring substituents is 1. The van der Waals surface area contributed by atoms with Gasteiger partial charge in [-0.25, -0.2) is 4.90 Å². The number of fused-ring (bicyclic) bond motifs is 5. The highest BCUT2D eigenvalue weighted by Crippen LogP contribution is 2.53. The molecule has 3 aliphatic rings. The van der Waals surface area contributed by atoms with E-state index in [4.69, 9.17) is 11.6 Å². The van der Waals surface area contributed by atoms with Crippen molar-refractivity contribution >= 4 is 46.6 Å². The Morgan fingerprint density at radius 1 is 0.889 bits per heavy atom. The second kappa shape index (κ2) is 8.13. The molecule has 3 heterocycles. The molecule has 3 aliphatic heterocycles. The minimum Gasteiger partial charge on any atom is -0.358 e. The summed E-state index contributed by atoms with van der Waals surface area (Å²) < 4.78 is 0. The molecule has 0 saturated carbocycles. The van der Waals surface area contributed by atoms with Gasteiger partial charge < -0.3 is 4.90 Å². The van der Waals surface area contributed by atoms with E-state index in [1.54, 1.807) is 30.5 Å². The number of carbonyl (C=O) groups excluding carboxylic acids is 3. The van der Waals surface area contributed by atoms with Crippen molar-refractivity contribution in [2.75, 3.05) is 4.90 Å². The van der Waals surface area contributed by atoms with Gasteiger partial charge in [-0.1, -0.05) is 35.9 Å². The number of rotatable bonds is 4. The molecule has 0 aromatic heterocycles. The van der Waals surface area contributed by atoms with Gasteiger partial charge in [0.2, 0.25) is 11.8 Å². The summed E-state index contributed by atoms with van der Waals surface area (Å²) in [5.74, 6) is -2.91. The SMILES string of the molecule is O=C(c1ccc(Cl)cc1)[C@@H]1[C@@H]2C(=O)N(c3ccc([N+](=O)[O-])cc3)C(=O)[C@H]2[C@H]2c3ccccc3C=CN12. The summed E-state index contributed by atoms with van der Waals surface area (Å²) in [6.45, 7) is 0. The predicted molar refractivity (Wildman–Crippen MR) is 132 cm³/mol. The van der Waals surface area contributed by atoms with E-state index in [1.807, 2.05) is 35.2 Å². The molecule has 36 heavy (non-hydrogen) atoms. The number of benzene rings is 3. The van der Waals surface area contributed by atoms with Gasteiger partial charge in [0.15, 0.2) is 5.78 Å². The van der Waals surface area contributed by atoms with Crippen LogP contribution in [0.3, 0.4) is 0 Å². The highest BCUT2D eigenvalue weighted by atomic mass is 35.5. The van der Waals surface area contributed by atoms with Crippen LogP contribution >= 0.6 is 11.6 Å². The van der Waals surface area contributed by atoms with Crippen LogP contribution in [-0.4, -0.2) is 33.5 Å². The fraction of sp³-hybridized carbons (Fsp3) is 0.148. The lowest BCUT2D eigenvalue weighted by Crippen LogP contribution is -2.44. The first-order valence-electron chi connectivity index (χ1n) is 11.3. The van der Waals surface area contributed by atoms with Crippen molar-refractivity contribution in [1.29, 1.82) is 0 Å². The van der Waals surface area contributed by atoms with Gasteiger partial charge in [0, 0.05) is 28.9 Å². The maximum absolute atomic E-state index is 13.8. The number of amides is 2. The molecule has 2 amide bonds. The van der Waals surface area contributed by atoms with Gasteiger partial charge in [0.05, 0.1) is 28.5 Å². The smallest absolute Gasteiger partial charge is 0.269 e. The third kappa shape index (κ3) is 3.18. The summed E-state index contributed by atoms with van der Waals surface area (Å²) in [6, 6.07) is 18.0. The molecule has 2 fully saturated rings. The van der Waals surface area contributed by atoms with E-state index >= 15 is 0 Å². The molecule has 0 N–H and O–H groups in total. The Morgan fingerprint density at radius 2 is 1.56 bits per heavy atom. The van der Waals surface area contributed by atoms with Crippen LogP contribution in [0.1, 0.15) is 27.5 Å². The molecular weight excluding hydrogens is 482 g/mol. The minimum absolute atomic E-state index is 0.147. The number of hydrogen-bond donors (Lipinski definition) is 0. The molecule has 9 heteroatoms. The average molecular weight is 500 g/mol. The van der Waals surface area contributed by atoms with Crippen molar-refractivity contribution in [3.63, 3.8) is 0 Å². The second-order valence-corrected chi connectivity index (χ2v) is 9.43. The first-order valence-corrected chi connectivity index (χ1v) is 11.7. The van der Waals surface area contributed by atoms with Gasteiger partial charge in [-0.2, -0.15) is 0 Å². The summed E-state index contributed by atoms with van der Waals surface area (Å²) in [5.41, 5.74) is 2.28. The van der Waals surface area contributed by atoms with E-state index in [0.717, 1.165) is 16.0 Å². The lowest BCUT2D eigenvalue weighted by atomic mass is 9.83. The van der Waals surface area contributed by atoms with E-state index in [9.17, 15) is 24.5 Å². The van der Waals surface area contributed by atoms with Gasteiger partial charge in [-0.15, -0.1) is 0 Å². The topological polar surface area (TPSA) is 101 Å². The summed E-state index contributed by atoms with van der Waals surface area (Å²) in [4.78, 5) is 54.9.